The molecule has 8 heteroatoms. The Morgan fingerprint density at radius 2 is 1.75 bits per heavy atom. The molecule has 0 bridgehead atoms. The van der Waals surface area contributed by atoms with Crippen LogP contribution in [0.25, 0.3) is 17.1 Å². The zero-order chi connectivity index (χ0) is 22.5. The quantitative estimate of drug-likeness (QED) is 0.434. The largest absolute Gasteiger partial charge is 0.484 e. The standard InChI is InChI=1S/C24H21ClN4O3/c1-16-5-3-4-6-21(16)23-27-24(31-2)28-29(23)19-11-9-18(10-12-19)26-22(30)15-32-20-13-7-17(25)8-14-20/h3-14H,15H2,1-2H3,(H,26,30). The first-order chi connectivity index (χ1) is 15.5. The summed E-state index contributed by atoms with van der Waals surface area (Å²) < 4.78 is 12.4. The summed E-state index contributed by atoms with van der Waals surface area (Å²) >= 11 is 5.85. The van der Waals surface area contributed by atoms with Crippen molar-refractivity contribution in [3.63, 3.8) is 0 Å². The molecule has 0 spiro atoms. The third-order valence-corrected chi connectivity index (χ3v) is 4.99. The lowest BCUT2D eigenvalue weighted by Crippen LogP contribution is -2.20. The molecular weight excluding hydrogens is 428 g/mol. The minimum atomic E-state index is -0.268. The first-order valence-electron chi connectivity index (χ1n) is 9.89. The third kappa shape index (κ3) is 4.90. The van der Waals surface area contributed by atoms with E-state index >= 15 is 0 Å². The second-order valence-corrected chi connectivity index (χ2v) is 7.42. The molecule has 4 aromatic rings. The lowest BCUT2D eigenvalue weighted by atomic mass is 10.1. The maximum absolute atomic E-state index is 12.2. The Hall–Kier alpha value is -3.84. The molecule has 7 nitrogen and oxygen atoms in total. The fraction of sp³-hybridized carbons (Fsp3) is 0.125. The normalized spacial score (nSPS) is 10.6. The SMILES string of the molecule is COc1nc(-c2ccccc2C)n(-c2ccc(NC(=O)COc3ccc(Cl)cc3)cc2)n1. The minimum Gasteiger partial charge on any atom is -0.484 e. The number of benzene rings is 3. The van der Waals surface area contributed by atoms with Crippen molar-refractivity contribution in [1.29, 1.82) is 0 Å². The molecule has 0 radical (unpaired) electrons. The van der Waals surface area contributed by atoms with E-state index in [2.05, 4.69) is 15.4 Å². The van der Waals surface area contributed by atoms with Gasteiger partial charge in [0, 0.05) is 16.3 Å². The van der Waals surface area contributed by atoms with Gasteiger partial charge in [-0.2, -0.15) is 4.98 Å². The Balaban J connectivity index is 1.48. The second kappa shape index (κ2) is 9.53. The van der Waals surface area contributed by atoms with E-state index in [9.17, 15) is 4.79 Å². The van der Waals surface area contributed by atoms with Crippen LogP contribution in [0.1, 0.15) is 5.56 Å². The molecule has 0 unspecified atom stereocenters. The third-order valence-electron chi connectivity index (χ3n) is 4.74. The van der Waals surface area contributed by atoms with E-state index in [0.29, 0.717) is 22.3 Å². The Labute approximate surface area is 190 Å². The number of aromatic nitrogens is 3. The topological polar surface area (TPSA) is 78.3 Å². The average molecular weight is 449 g/mol. The number of ether oxygens (including phenoxy) is 2. The fourth-order valence-electron chi connectivity index (χ4n) is 3.12. The number of amides is 1. The molecule has 1 N–H and O–H groups in total. The lowest BCUT2D eigenvalue weighted by molar-refractivity contribution is -0.118. The van der Waals surface area contributed by atoms with Gasteiger partial charge in [-0.3, -0.25) is 4.79 Å². The highest BCUT2D eigenvalue weighted by atomic mass is 35.5. The van der Waals surface area contributed by atoms with Crippen LogP contribution in [0.5, 0.6) is 11.8 Å². The summed E-state index contributed by atoms with van der Waals surface area (Å²) in [5.41, 5.74) is 3.46. The Bertz CT molecular complexity index is 1220. The fourth-order valence-corrected chi connectivity index (χ4v) is 3.25. The van der Waals surface area contributed by atoms with Gasteiger partial charge in [0.05, 0.1) is 12.8 Å². The molecular formula is C24H21ClN4O3. The van der Waals surface area contributed by atoms with Gasteiger partial charge in [-0.25, -0.2) is 4.68 Å². The van der Waals surface area contributed by atoms with Gasteiger partial charge in [-0.15, -0.1) is 5.10 Å². The summed E-state index contributed by atoms with van der Waals surface area (Å²) in [6.45, 7) is 1.91. The number of hydrogen-bond donors (Lipinski definition) is 1. The number of nitrogens with one attached hydrogen (secondary N) is 1. The van der Waals surface area contributed by atoms with Crippen LogP contribution in [0.2, 0.25) is 5.02 Å². The highest BCUT2D eigenvalue weighted by molar-refractivity contribution is 6.30. The van der Waals surface area contributed by atoms with E-state index in [1.165, 1.54) is 7.11 Å². The summed E-state index contributed by atoms with van der Waals surface area (Å²) in [7, 11) is 1.53. The average Bonchev–Trinajstić information content (AvgIpc) is 3.24. The summed E-state index contributed by atoms with van der Waals surface area (Å²) in [5.74, 6) is 0.979. The van der Waals surface area contributed by atoms with Gasteiger partial charge >= 0.3 is 6.01 Å². The number of hydrogen-bond acceptors (Lipinski definition) is 5. The van der Waals surface area contributed by atoms with Gasteiger partial charge in [0.2, 0.25) is 0 Å². The number of halogens is 1. The van der Waals surface area contributed by atoms with Crippen molar-refractivity contribution in [3.05, 3.63) is 83.4 Å². The van der Waals surface area contributed by atoms with Crippen LogP contribution in [0.4, 0.5) is 5.69 Å². The molecule has 162 valence electrons. The number of methoxy groups -OCH3 is 1. The number of aryl methyl sites for hydroxylation is 1. The van der Waals surface area contributed by atoms with Crippen LogP contribution in [0.15, 0.2) is 72.8 Å². The van der Waals surface area contributed by atoms with Crippen LogP contribution < -0.4 is 14.8 Å². The molecule has 1 amide bonds. The van der Waals surface area contributed by atoms with Crippen molar-refractivity contribution in [2.24, 2.45) is 0 Å². The molecule has 4 rings (SSSR count). The van der Waals surface area contributed by atoms with Gasteiger partial charge in [-0.1, -0.05) is 35.9 Å². The Morgan fingerprint density at radius 3 is 2.44 bits per heavy atom. The smallest absolute Gasteiger partial charge is 0.336 e. The van der Waals surface area contributed by atoms with Crippen molar-refractivity contribution in [1.82, 2.24) is 14.8 Å². The van der Waals surface area contributed by atoms with E-state index < -0.39 is 0 Å². The van der Waals surface area contributed by atoms with Gasteiger partial charge in [0.25, 0.3) is 5.91 Å². The van der Waals surface area contributed by atoms with Crippen molar-refractivity contribution < 1.29 is 14.3 Å². The van der Waals surface area contributed by atoms with E-state index in [-0.39, 0.29) is 18.5 Å². The van der Waals surface area contributed by atoms with E-state index in [1.54, 1.807) is 41.1 Å². The van der Waals surface area contributed by atoms with Gasteiger partial charge in [0.1, 0.15) is 5.75 Å². The van der Waals surface area contributed by atoms with Crippen LogP contribution in [-0.4, -0.2) is 34.4 Å². The predicted octanol–water partition coefficient (Wildman–Crippen LogP) is 4.92. The van der Waals surface area contributed by atoms with Crippen molar-refractivity contribution >= 4 is 23.2 Å². The summed E-state index contributed by atoms with van der Waals surface area (Å²) in [6.07, 6.45) is 0. The Morgan fingerprint density at radius 1 is 1.03 bits per heavy atom. The van der Waals surface area contributed by atoms with E-state index in [4.69, 9.17) is 21.1 Å². The highest BCUT2D eigenvalue weighted by Gasteiger charge is 2.16. The first-order valence-corrected chi connectivity index (χ1v) is 10.3. The monoisotopic (exact) mass is 448 g/mol. The first kappa shape index (κ1) is 21.4. The minimum absolute atomic E-state index is 0.110. The molecule has 1 heterocycles. The molecule has 0 aliphatic carbocycles. The molecule has 0 aliphatic heterocycles. The second-order valence-electron chi connectivity index (χ2n) is 6.99. The van der Waals surface area contributed by atoms with Gasteiger partial charge < -0.3 is 14.8 Å². The molecule has 0 saturated carbocycles. The van der Waals surface area contributed by atoms with Crippen LogP contribution in [0.3, 0.4) is 0 Å². The van der Waals surface area contributed by atoms with Crippen molar-refractivity contribution in [2.45, 2.75) is 6.92 Å². The summed E-state index contributed by atoms with van der Waals surface area (Å²) in [5, 5.41) is 7.87. The molecule has 0 fully saturated rings. The van der Waals surface area contributed by atoms with Crippen LogP contribution >= 0.6 is 11.6 Å². The van der Waals surface area contributed by atoms with Gasteiger partial charge in [0.15, 0.2) is 12.4 Å². The molecule has 3 aromatic carbocycles. The number of anilines is 1. The van der Waals surface area contributed by atoms with Crippen molar-refractivity contribution in [2.75, 3.05) is 19.0 Å². The number of carbonyl (C=O) groups is 1. The predicted molar refractivity (Wildman–Crippen MR) is 124 cm³/mol. The van der Waals surface area contributed by atoms with Crippen molar-refractivity contribution in [3.8, 4) is 28.8 Å². The maximum Gasteiger partial charge on any atom is 0.336 e. The summed E-state index contributed by atoms with van der Waals surface area (Å²) in [6, 6.07) is 22.4. The van der Waals surface area contributed by atoms with Crippen LogP contribution in [-0.2, 0) is 4.79 Å². The summed E-state index contributed by atoms with van der Waals surface area (Å²) in [4.78, 5) is 16.7. The number of nitrogens with zero attached hydrogens (tertiary/aromatic N) is 3. The molecule has 1 aromatic heterocycles. The molecule has 0 atom stereocenters. The Kier molecular flexibility index (Phi) is 6.37. The van der Waals surface area contributed by atoms with E-state index in [0.717, 1.165) is 16.8 Å². The molecule has 0 aliphatic rings. The number of carbonyl (C=O) groups excluding carboxylic acids is 1. The zero-order valence-electron chi connectivity index (χ0n) is 17.6. The molecule has 32 heavy (non-hydrogen) atoms. The maximum atomic E-state index is 12.2. The molecule has 0 saturated heterocycles. The van der Waals surface area contributed by atoms with E-state index in [1.807, 2.05) is 43.3 Å². The van der Waals surface area contributed by atoms with Gasteiger partial charge in [-0.05, 0) is 61.0 Å². The lowest BCUT2D eigenvalue weighted by Gasteiger charge is -2.10. The van der Waals surface area contributed by atoms with Crippen LogP contribution in [0, 0.1) is 6.92 Å². The number of rotatable bonds is 7. The zero-order valence-corrected chi connectivity index (χ0v) is 18.3. The highest BCUT2D eigenvalue weighted by Crippen LogP contribution is 2.26.